The van der Waals surface area contributed by atoms with Crippen LogP contribution in [0.3, 0.4) is 0 Å². The number of hydrogen-bond donors (Lipinski definition) is 6. The van der Waals surface area contributed by atoms with Gasteiger partial charge >= 0.3 is 0 Å². The van der Waals surface area contributed by atoms with Gasteiger partial charge in [0.2, 0.25) is 17.7 Å². The number of anilines is 2. The molecule has 0 aliphatic carbocycles. The smallest absolute Gasteiger partial charge is 0.256 e. The lowest BCUT2D eigenvalue weighted by molar-refractivity contribution is -0.144. The molecule has 5 amide bonds. The third kappa shape index (κ3) is 21.1. The fourth-order valence-corrected chi connectivity index (χ4v) is 11.8. The lowest BCUT2D eigenvalue weighted by Crippen LogP contribution is -2.58. The number of nitrogens with zero attached hydrogens (tertiary/aromatic N) is 6. The van der Waals surface area contributed by atoms with Crippen LogP contribution in [0.4, 0.5) is 11.5 Å². The molecule has 6 N–H and O–H groups in total. The van der Waals surface area contributed by atoms with E-state index in [9.17, 15) is 29.1 Å². The van der Waals surface area contributed by atoms with E-state index >= 15 is 0 Å². The van der Waals surface area contributed by atoms with Crippen molar-refractivity contribution in [3.63, 3.8) is 0 Å². The van der Waals surface area contributed by atoms with Gasteiger partial charge in [-0.05, 0) is 129 Å². The van der Waals surface area contributed by atoms with Crippen LogP contribution >= 0.6 is 11.3 Å². The molecule has 4 heterocycles. The Morgan fingerprint density at radius 1 is 0.763 bits per heavy atom. The third-order valence-electron chi connectivity index (χ3n) is 16.1. The summed E-state index contributed by atoms with van der Waals surface area (Å²) in [5.74, 6) is 0.754. The van der Waals surface area contributed by atoms with Crippen molar-refractivity contribution < 1.29 is 62.2 Å². The lowest BCUT2D eigenvalue weighted by atomic mass is 9.85. The van der Waals surface area contributed by atoms with E-state index in [1.165, 1.54) is 4.90 Å². The van der Waals surface area contributed by atoms with E-state index in [1.54, 1.807) is 31.8 Å². The van der Waals surface area contributed by atoms with E-state index < -0.39 is 35.4 Å². The van der Waals surface area contributed by atoms with Crippen molar-refractivity contribution >= 4 is 58.6 Å². The number of aliphatic hydroxyl groups is 1. The molecule has 6 atom stereocenters. The first-order valence-electron chi connectivity index (χ1n) is 31.4. The molecule has 93 heavy (non-hydrogen) atoms. The van der Waals surface area contributed by atoms with Crippen LogP contribution in [0.15, 0.2) is 108 Å². The number of rotatable bonds is 33. The van der Waals surface area contributed by atoms with Crippen LogP contribution in [0.5, 0.6) is 17.2 Å². The first-order valence-corrected chi connectivity index (χ1v) is 32.3. The van der Waals surface area contributed by atoms with Crippen LogP contribution in [0, 0.1) is 12.3 Å². The number of thiazole rings is 1. The highest BCUT2D eigenvalue weighted by atomic mass is 32.1. The van der Waals surface area contributed by atoms with E-state index in [0.717, 1.165) is 62.1 Å². The summed E-state index contributed by atoms with van der Waals surface area (Å²) in [6, 6.07) is 28.2. The van der Waals surface area contributed by atoms with E-state index in [4.69, 9.17) is 33.2 Å². The largest absolute Gasteiger partial charge is 0.497 e. The summed E-state index contributed by atoms with van der Waals surface area (Å²) in [6.45, 7) is 17.2. The summed E-state index contributed by atoms with van der Waals surface area (Å²) in [4.78, 5) is 78.2. The Kier molecular flexibility index (Phi) is 26.2. The molecular weight excluding hydrogens is 1210 g/mol. The fraction of sp³-hybridized carbons (Fsp3) is 0.471. The minimum Gasteiger partial charge on any atom is -0.497 e. The molecule has 500 valence electrons. The zero-order valence-electron chi connectivity index (χ0n) is 54.6. The number of methoxy groups -OCH3 is 2. The van der Waals surface area contributed by atoms with Crippen molar-refractivity contribution in [1.82, 2.24) is 41.0 Å². The number of carbonyl (C=O) groups is 5. The molecule has 0 radical (unpaired) electrons. The Bertz CT molecular complexity index is 3380. The molecule has 0 saturated carbocycles. The van der Waals surface area contributed by atoms with Crippen LogP contribution in [0.1, 0.15) is 92.4 Å². The van der Waals surface area contributed by atoms with Gasteiger partial charge in [0.15, 0.2) is 5.82 Å². The van der Waals surface area contributed by atoms with Crippen molar-refractivity contribution in [3.8, 4) is 27.7 Å². The topological polar surface area (TPSA) is 282 Å². The predicted molar refractivity (Wildman–Crippen MR) is 355 cm³/mol. The molecule has 2 aromatic heterocycles. The maximum absolute atomic E-state index is 14.1. The Hall–Kier alpha value is -8.30. The highest BCUT2D eigenvalue weighted by Gasteiger charge is 2.45. The molecule has 6 aromatic rings. The van der Waals surface area contributed by atoms with Gasteiger partial charge in [-0.3, -0.25) is 34.0 Å². The van der Waals surface area contributed by atoms with Crippen LogP contribution in [0.2, 0.25) is 0 Å². The number of carbonyl (C=O) groups excluding carboxylic acids is 5. The minimum absolute atomic E-state index is 0.0325. The number of piperazine rings is 1. The highest BCUT2D eigenvalue weighted by Crippen LogP contribution is 2.31. The number of benzene rings is 4. The maximum atomic E-state index is 14.1. The average Bonchev–Trinajstić information content (AvgIpc) is 2.10. The molecule has 25 heteroatoms. The number of likely N-dealkylation sites (tertiary alicyclic amines) is 1. The molecule has 2 aliphatic heterocycles. The first kappa shape index (κ1) is 70.6. The number of H-pyrrole nitrogens is 1. The van der Waals surface area contributed by atoms with Crippen molar-refractivity contribution in [2.75, 3.05) is 110 Å². The maximum Gasteiger partial charge on any atom is 0.256 e. The summed E-state index contributed by atoms with van der Waals surface area (Å²) in [5, 5.41) is 30.9. The molecule has 0 bridgehead atoms. The normalized spacial score (nSPS) is 17.4. The van der Waals surface area contributed by atoms with Crippen LogP contribution in [0.25, 0.3) is 10.4 Å². The van der Waals surface area contributed by atoms with Crippen molar-refractivity contribution in [2.45, 2.75) is 104 Å². The second-order valence-corrected chi connectivity index (χ2v) is 25.1. The molecule has 0 unspecified atom stereocenters. The Morgan fingerprint density at radius 3 is 2.01 bits per heavy atom. The fourth-order valence-electron chi connectivity index (χ4n) is 11.0. The second kappa shape index (κ2) is 34.6. The standard InChI is InChI=1S/C68H89N11O13S/c1-44-38-77(54-20-17-52(18-21-54)65(83)72-60-34-53(74-75-60)19-10-49-32-57(86-8)36-58(33-49)87-9)39-45(2)78(44)41-61(81)76-70-37-48-11-22-56(23-12-48)92-31-30-90-27-26-88-24-25-89-28-29-91-42-62(82)73-64(68(5,6)7)67(85)79-40-55(80)35-59(79)66(84)71-46(3)50-13-15-51(16-14-50)63-47(4)69-43-93-63/h11-18,20-23,32-34,36-37,43-46,55,59,64,80H,10,19,24-31,35,38-42H2,1-9H3,(H,71,84)(H,73,82)(H,76,81)(H2,72,74,75,83)/b70-37+/t44-,45+,46-,55+,59-,64+/m0/s1. The third-order valence-corrected chi connectivity index (χ3v) is 17.1. The number of aryl methyl sites for hydroxylation is 3. The predicted octanol–water partition coefficient (Wildman–Crippen LogP) is 6.76. The van der Waals surface area contributed by atoms with Gasteiger partial charge < -0.3 is 64.0 Å². The van der Waals surface area contributed by atoms with E-state index in [0.29, 0.717) is 76.3 Å². The van der Waals surface area contributed by atoms with E-state index in [2.05, 4.69) is 65.3 Å². The van der Waals surface area contributed by atoms with Gasteiger partial charge in [0.25, 0.3) is 11.8 Å². The van der Waals surface area contributed by atoms with E-state index in [1.807, 2.05) is 137 Å². The van der Waals surface area contributed by atoms with Crippen molar-refractivity contribution in [1.29, 1.82) is 0 Å². The van der Waals surface area contributed by atoms with Crippen molar-refractivity contribution in [2.24, 2.45) is 10.5 Å². The number of hydrogen-bond acceptors (Lipinski definition) is 19. The number of nitrogens with one attached hydrogen (secondary N) is 5. The minimum atomic E-state index is -0.986. The summed E-state index contributed by atoms with van der Waals surface area (Å²) >= 11 is 1.57. The van der Waals surface area contributed by atoms with Gasteiger partial charge in [-0.15, -0.1) is 11.3 Å². The van der Waals surface area contributed by atoms with Gasteiger partial charge in [0.1, 0.15) is 42.5 Å². The summed E-state index contributed by atoms with van der Waals surface area (Å²) in [7, 11) is 3.25. The quantitative estimate of drug-likeness (QED) is 0.0141. The number of hydrazone groups is 1. The second-order valence-electron chi connectivity index (χ2n) is 24.3. The molecule has 2 fully saturated rings. The number of ether oxygens (including phenoxy) is 7. The molecule has 8 rings (SSSR count). The Balaban J connectivity index is 0.629. The number of amides is 5. The Morgan fingerprint density at radius 2 is 1.40 bits per heavy atom. The summed E-state index contributed by atoms with van der Waals surface area (Å²) < 4.78 is 39.0. The summed E-state index contributed by atoms with van der Waals surface area (Å²) in [6.07, 6.45) is 2.19. The number of β-amino-alcohol motifs (C(OH)–C–C–N with tert-alkyl or cyclic N) is 1. The SMILES string of the molecule is COc1cc(CCc2cc(NC(=O)c3ccc(N4C[C@@H](C)N(CC(=O)N/N=C/c5ccc(OCCOCCOCCOCCOCC(=O)N[C@H](C(=O)N6C[C@H](O)C[C@H]6C(=O)N[C@@H](C)c6ccc(-c7scnc7C)cc6)C(C)(C)C)cc5)[C@@H](C)C4)cc3)n[nH]2)cc(OC)c1. The molecule has 4 aromatic carbocycles. The molecule has 2 saturated heterocycles. The number of aliphatic hydroxyl groups excluding tert-OH is 1. The van der Waals surface area contributed by atoms with Crippen molar-refractivity contribution in [3.05, 3.63) is 136 Å². The molecule has 2 aliphatic rings. The lowest BCUT2D eigenvalue weighted by Gasteiger charge is -2.45. The molecular formula is C68H89N11O13S. The Labute approximate surface area is 548 Å². The zero-order valence-corrected chi connectivity index (χ0v) is 55.4. The summed E-state index contributed by atoms with van der Waals surface area (Å²) in [5.41, 5.74) is 10.9. The highest BCUT2D eigenvalue weighted by molar-refractivity contribution is 7.13. The van der Waals surface area contributed by atoms with Crippen LogP contribution in [-0.4, -0.2) is 196 Å². The van der Waals surface area contributed by atoms with Gasteiger partial charge in [0, 0.05) is 67.2 Å². The van der Waals surface area contributed by atoms with Gasteiger partial charge in [-0.2, -0.15) is 10.2 Å². The molecule has 0 spiro atoms. The van der Waals surface area contributed by atoms with Gasteiger partial charge in [-0.1, -0.05) is 45.0 Å². The van der Waals surface area contributed by atoms with Crippen LogP contribution in [-0.2, 0) is 51.0 Å². The number of aromatic nitrogens is 3. The van der Waals surface area contributed by atoms with Gasteiger partial charge in [0.05, 0.1) is 101 Å². The van der Waals surface area contributed by atoms with Crippen LogP contribution < -0.4 is 40.5 Å². The average molecular weight is 1300 g/mol. The zero-order chi connectivity index (χ0) is 66.4. The number of aromatic amines is 1. The van der Waals surface area contributed by atoms with E-state index in [-0.39, 0.29) is 75.2 Å². The first-order chi connectivity index (χ1) is 44.7. The monoisotopic (exact) mass is 1300 g/mol. The van der Waals surface area contributed by atoms with Gasteiger partial charge in [-0.25, -0.2) is 10.4 Å². The molecule has 24 nitrogen and oxygen atoms in total.